The lowest BCUT2D eigenvalue weighted by Crippen LogP contribution is -2.31. The van der Waals surface area contributed by atoms with E-state index in [9.17, 15) is 30.8 Å². The fraction of sp³-hybridized carbons (Fsp3) is 0.190. The van der Waals surface area contributed by atoms with Crippen LogP contribution in [0.1, 0.15) is 32.5 Å². The molecule has 1 N–H and O–H groups in total. The summed E-state index contributed by atoms with van der Waals surface area (Å²) in [6, 6.07) is 9.74. The maximum atomic E-state index is 13.6. The molecular formula is C21H17F4NO4S. The van der Waals surface area contributed by atoms with Crippen LogP contribution >= 0.6 is 0 Å². The van der Waals surface area contributed by atoms with Crippen molar-refractivity contribution < 1.29 is 35.2 Å². The van der Waals surface area contributed by atoms with Gasteiger partial charge >= 0.3 is 6.18 Å². The summed E-state index contributed by atoms with van der Waals surface area (Å²) in [6.45, 7) is 1.01. The summed E-state index contributed by atoms with van der Waals surface area (Å²) in [5.41, 5.74) is -0.846. The summed E-state index contributed by atoms with van der Waals surface area (Å²) >= 11 is 0. The lowest BCUT2D eigenvalue weighted by Gasteiger charge is -2.17. The van der Waals surface area contributed by atoms with E-state index in [1.807, 2.05) is 0 Å². The van der Waals surface area contributed by atoms with Crippen molar-refractivity contribution in [2.45, 2.75) is 23.2 Å². The molecular weight excluding hydrogens is 438 g/mol. The van der Waals surface area contributed by atoms with Crippen LogP contribution in [0.15, 0.2) is 70.2 Å². The standard InChI is InChI=1S/C21H17F4NO4S/c1-13-11-16(8-9-17(13)22)31(28,29)19(18-3-2-10-30-18)12-26-20(27)14-4-6-15(7-5-14)21(23,24)25/h2-11,19H,12H2,1H3,(H,26,27)/t19-/m1/s1. The molecule has 10 heteroatoms. The molecule has 3 rings (SSSR count). The molecule has 2 aromatic carbocycles. The van der Waals surface area contributed by atoms with Crippen molar-refractivity contribution in [2.75, 3.05) is 6.54 Å². The molecule has 164 valence electrons. The number of nitrogens with one attached hydrogen (secondary N) is 1. The molecule has 0 aliphatic rings. The monoisotopic (exact) mass is 455 g/mol. The largest absolute Gasteiger partial charge is 0.468 e. The highest BCUT2D eigenvalue weighted by Crippen LogP contribution is 2.31. The molecule has 5 nitrogen and oxygen atoms in total. The fourth-order valence-electron chi connectivity index (χ4n) is 2.89. The molecule has 0 saturated heterocycles. The predicted octanol–water partition coefficient (Wildman–Crippen LogP) is 4.69. The van der Waals surface area contributed by atoms with Crippen molar-refractivity contribution in [3.05, 3.63) is 89.1 Å². The van der Waals surface area contributed by atoms with Gasteiger partial charge in [0.05, 0.1) is 16.7 Å². The Labute approximate surface area is 175 Å². The normalized spacial score (nSPS) is 13.1. The smallest absolute Gasteiger partial charge is 0.416 e. The average Bonchev–Trinajstić information content (AvgIpc) is 3.23. The van der Waals surface area contributed by atoms with E-state index in [0.29, 0.717) is 0 Å². The maximum absolute atomic E-state index is 13.6. The highest BCUT2D eigenvalue weighted by Gasteiger charge is 2.33. The molecule has 3 aromatic rings. The number of aryl methyl sites for hydroxylation is 1. The van der Waals surface area contributed by atoms with Crippen LogP contribution in [0, 0.1) is 12.7 Å². The molecule has 0 radical (unpaired) electrons. The second kappa shape index (κ2) is 8.54. The number of carbonyl (C=O) groups excluding carboxylic acids is 1. The molecule has 0 fully saturated rings. The highest BCUT2D eigenvalue weighted by molar-refractivity contribution is 7.91. The summed E-state index contributed by atoms with van der Waals surface area (Å²) in [7, 11) is -4.09. The minimum atomic E-state index is -4.54. The second-order valence-electron chi connectivity index (χ2n) is 6.75. The molecule has 0 saturated carbocycles. The molecule has 0 unspecified atom stereocenters. The Kier molecular flexibility index (Phi) is 6.21. The zero-order chi connectivity index (χ0) is 22.8. The minimum absolute atomic E-state index is 0.0506. The molecule has 1 atom stereocenters. The van der Waals surface area contributed by atoms with Crippen molar-refractivity contribution in [3.63, 3.8) is 0 Å². The first-order valence-electron chi connectivity index (χ1n) is 8.99. The van der Waals surface area contributed by atoms with E-state index in [2.05, 4.69) is 5.32 Å². The number of hydrogen-bond donors (Lipinski definition) is 1. The van der Waals surface area contributed by atoms with Gasteiger partial charge in [0.15, 0.2) is 9.84 Å². The van der Waals surface area contributed by atoms with Crippen LogP contribution in [0.4, 0.5) is 17.6 Å². The van der Waals surface area contributed by atoms with Gasteiger partial charge in [0.1, 0.15) is 16.8 Å². The van der Waals surface area contributed by atoms with E-state index in [0.717, 1.165) is 36.4 Å². The number of alkyl halides is 3. The van der Waals surface area contributed by atoms with Crippen LogP contribution in [0.3, 0.4) is 0 Å². The highest BCUT2D eigenvalue weighted by atomic mass is 32.2. The van der Waals surface area contributed by atoms with E-state index in [1.165, 1.54) is 31.4 Å². The zero-order valence-corrected chi connectivity index (χ0v) is 16.9. The fourth-order valence-corrected chi connectivity index (χ4v) is 4.56. The van der Waals surface area contributed by atoms with Crippen LogP contribution in [0.5, 0.6) is 0 Å². The number of hydrogen-bond acceptors (Lipinski definition) is 4. The molecule has 0 aliphatic carbocycles. The number of furan rings is 1. The van der Waals surface area contributed by atoms with Crippen LogP contribution in [-0.4, -0.2) is 20.9 Å². The van der Waals surface area contributed by atoms with E-state index in [4.69, 9.17) is 4.42 Å². The van der Waals surface area contributed by atoms with Gasteiger partial charge in [0.2, 0.25) is 0 Å². The van der Waals surface area contributed by atoms with Crippen molar-refractivity contribution in [1.82, 2.24) is 5.32 Å². The van der Waals surface area contributed by atoms with Crippen LogP contribution in [0.25, 0.3) is 0 Å². The average molecular weight is 455 g/mol. The molecule has 31 heavy (non-hydrogen) atoms. The van der Waals surface area contributed by atoms with Crippen molar-refractivity contribution >= 4 is 15.7 Å². The number of halogens is 4. The van der Waals surface area contributed by atoms with Gasteiger partial charge < -0.3 is 9.73 Å². The first kappa shape index (κ1) is 22.5. The third-order valence-corrected chi connectivity index (χ3v) is 6.67. The van der Waals surface area contributed by atoms with Gasteiger partial charge in [-0.3, -0.25) is 4.79 Å². The van der Waals surface area contributed by atoms with E-state index in [-0.39, 0.29) is 21.8 Å². The van der Waals surface area contributed by atoms with Crippen molar-refractivity contribution in [1.29, 1.82) is 0 Å². The van der Waals surface area contributed by atoms with E-state index in [1.54, 1.807) is 0 Å². The molecule has 1 heterocycles. The van der Waals surface area contributed by atoms with E-state index < -0.39 is 45.1 Å². The van der Waals surface area contributed by atoms with Crippen LogP contribution in [-0.2, 0) is 16.0 Å². The lowest BCUT2D eigenvalue weighted by molar-refractivity contribution is -0.137. The molecule has 0 bridgehead atoms. The molecule has 0 spiro atoms. The Morgan fingerprint density at radius 3 is 2.32 bits per heavy atom. The molecule has 1 aromatic heterocycles. The second-order valence-corrected chi connectivity index (χ2v) is 8.88. The Morgan fingerprint density at radius 2 is 1.77 bits per heavy atom. The topological polar surface area (TPSA) is 76.4 Å². The molecule has 1 amide bonds. The molecule has 0 aliphatic heterocycles. The van der Waals surface area contributed by atoms with Crippen molar-refractivity contribution in [3.8, 4) is 0 Å². The zero-order valence-electron chi connectivity index (χ0n) is 16.1. The third-order valence-electron chi connectivity index (χ3n) is 4.62. The Balaban J connectivity index is 1.84. The maximum Gasteiger partial charge on any atom is 0.416 e. The predicted molar refractivity (Wildman–Crippen MR) is 104 cm³/mol. The Hall–Kier alpha value is -3.14. The number of rotatable bonds is 6. The first-order valence-corrected chi connectivity index (χ1v) is 10.5. The quantitative estimate of drug-likeness (QED) is 0.432. The third kappa shape index (κ3) is 4.96. The summed E-state index contributed by atoms with van der Waals surface area (Å²) < 4.78 is 83.1. The van der Waals surface area contributed by atoms with Gasteiger partial charge in [-0.2, -0.15) is 13.2 Å². The summed E-state index contributed by atoms with van der Waals surface area (Å²) in [5.74, 6) is -1.27. The van der Waals surface area contributed by atoms with Crippen LogP contribution < -0.4 is 5.32 Å². The minimum Gasteiger partial charge on any atom is -0.468 e. The van der Waals surface area contributed by atoms with Crippen LogP contribution in [0.2, 0.25) is 0 Å². The lowest BCUT2D eigenvalue weighted by atomic mass is 10.1. The SMILES string of the molecule is Cc1cc(S(=O)(=O)[C@H](CNC(=O)c2ccc(C(F)(F)F)cc2)c2ccco2)ccc1F. The van der Waals surface area contributed by atoms with Gasteiger partial charge in [0, 0.05) is 12.1 Å². The van der Waals surface area contributed by atoms with Gasteiger partial charge in [-0.25, -0.2) is 12.8 Å². The number of amides is 1. The Morgan fingerprint density at radius 1 is 1.10 bits per heavy atom. The summed E-state index contributed by atoms with van der Waals surface area (Å²) in [5, 5.41) is 1.09. The number of carbonyl (C=O) groups is 1. The number of sulfone groups is 1. The van der Waals surface area contributed by atoms with Gasteiger partial charge in [-0.15, -0.1) is 0 Å². The Bertz CT molecular complexity index is 1170. The van der Waals surface area contributed by atoms with Gasteiger partial charge in [0.25, 0.3) is 5.91 Å². The van der Waals surface area contributed by atoms with Crippen molar-refractivity contribution in [2.24, 2.45) is 0 Å². The van der Waals surface area contributed by atoms with E-state index >= 15 is 0 Å². The number of benzene rings is 2. The van der Waals surface area contributed by atoms with Gasteiger partial charge in [-0.1, -0.05) is 0 Å². The summed E-state index contributed by atoms with van der Waals surface area (Å²) in [6.07, 6.45) is -3.27. The van der Waals surface area contributed by atoms with Gasteiger partial charge in [-0.05, 0) is 67.1 Å². The summed E-state index contributed by atoms with van der Waals surface area (Å²) in [4.78, 5) is 12.2. The first-order chi connectivity index (χ1) is 14.5.